The molecule has 0 aliphatic carbocycles. The van der Waals surface area contributed by atoms with E-state index in [1.165, 1.54) is 0 Å². The van der Waals surface area contributed by atoms with E-state index in [0.29, 0.717) is 25.8 Å². The molecule has 0 saturated carbocycles. The maximum atomic E-state index is 12.0. The van der Waals surface area contributed by atoms with E-state index in [9.17, 15) is 19.5 Å². The van der Waals surface area contributed by atoms with Gasteiger partial charge in [0.25, 0.3) is 0 Å². The van der Waals surface area contributed by atoms with Gasteiger partial charge in [0.1, 0.15) is 5.60 Å². The monoisotopic (exact) mass is 393 g/mol. The molecule has 0 spiro atoms. The number of aryl methyl sites for hydroxylation is 1. The summed E-state index contributed by atoms with van der Waals surface area (Å²) in [5.41, 5.74) is 0.578. The van der Waals surface area contributed by atoms with Gasteiger partial charge in [-0.3, -0.25) is 9.59 Å². The smallest absolute Gasteiger partial charge is 0.407 e. The van der Waals surface area contributed by atoms with Crippen LogP contribution in [0.25, 0.3) is 0 Å². The number of hydrogen-bond donors (Lipinski definition) is 2. The van der Waals surface area contributed by atoms with E-state index in [1.54, 1.807) is 20.8 Å². The van der Waals surface area contributed by atoms with Crippen molar-refractivity contribution >= 4 is 18.0 Å². The van der Waals surface area contributed by atoms with E-state index in [2.05, 4.69) is 5.32 Å². The van der Waals surface area contributed by atoms with Crippen molar-refractivity contribution in [3.8, 4) is 0 Å². The molecule has 1 rings (SSSR count). The Morgan fingerprint density at radius 2 is 1.75 bits per heavy atom. The van der Waals surface area contributed by atoms with Crippen molar-refractivity contribution in [1.82, 2.24) is 5.32 Å². The maximum absolute atomic E-state index is 12.0. The summed E-state index contributed by atoms with van der Waals surface area (Å²) in [6, 6.07) is 9.81. The number of nitrogens with one attached hydrogen (secondary N) is 1. The molecule has 0 fully saturated rings. The lowest BCUT2D eigenvalue weighted by Crippen LogP contribution is -2.33. The lowest BCUT2D eigenvalue weighted by atomic mass is 10.0. The van der Waals surface area contributed by atoms with Gasteiger partial charge in [-0.05, 0) is 52.0 Å². The number of carboxylic acid groups (broad SMARTS) is 1. The third kappa shape index (κ3) is 10.5. The molecule has 1 amide bonds. The molecule has 156 valence electrons. The van der Waals surface area contributed by atoms with E-state index >= 15 is 0 Å². The predicted octanol–water partition coefficient (Wildman–Crippen LogP) is 3.56. The van der Waals surface area contributed by atoms with Crippen LogP contribution in [-0.4, -0.2) is 41.9 Å². The minimum Gasteiger partial charge on any atom is -0.481 e. The number of benzene rings is 1. The number of hydrogen-bond acceptors (Lipinski definition) is 5. The number of rotatable bonds is 11. The van der Waals surface area contributed by atoms with Gasteiger partial charge >= 0.3 is 18.0 Å². The lowest BCUT2D eigenvalue weighted by Gasteiger charge is -2.19. The summed E-state index contributed by atoms with van der Waals surface area (Å²) in [6.45, 7) is 5.87. The average Bonchev–Trinajstić information content (AvgIpc) is 2.60. The Morgan fingerprint density at radius 1 is 1.07 bits per heavy atom. The van der Waals surface area contributed by atoms with Crippen LogP contribution < -0.4 is 5.32 Å². The van der Waals surface area contributed by atoms with Gasteiger partial charge in [0.05, 0.1) is 6.61 Å². The molecule has 1 aromatic rings. The number of alkyl carbamates (subject to hydrolysis) is 1. The van der Waals surface area contributed by atoms with E-state index in [4.69, 9.17) is 9.47 Å². The van der Waals surface area contributed by atoms with Crippen LogP contribution in [0.3, 0.4) is 0 Å². The standard InChI is InChI=1S/C21H31NO6/c1-21(2,3)28-20(26)22-14-8-7-13-17(18(23)24)19(25)27-15-9-12-16-10-5-4-6-11-16/h4-6,10-11,17H,7-9,12-15H2,1-3H3,(H,22,26)(H,23,24). The molecule has 1 aromatic carbocycles. The van der Waals surface area contributed by atoms with Crippen LogP contribution in [0.1, 0.15) is 52.0 Å². The van der Waals surface area contributed by atoms with Crippen molar-refractivity contribution in [2.75, 3.05) is 13.2 Å². The number of aliphatic carboxylic acids is 1. The number of unbranched alkanes of at least 4 members (excludes halogenated alkanes) is 1. The molecule has 0 saturated heterocycles. The molecule has 0 radical (unpaired) electrons. The molecule has 0 aromatic heterocycles. The molecule has 0 bridgehead atoms. The van der Waals surface area contributed by atoms with Gasteiger partial charge in [0, 0.05) is 6.54 Å². The highest BCUT2D eigenvalue weighted by molar-refractivity contribution is 5.93. The first kappa shape index (κ1) is 23.5. The molecule has 7 heteroatoms. The highest BCUT2D eigenvalue weighted by atomic mass is 16.6. The number of amides is 1. The minimum atomic E-state index is -1.19. The molecular formula is C21H31NO6. The van der Waals surface area contributed by atoms with Gasteiger partial charge < -0.3 is 19.9 Å². The first-order valence-corrected chi connectivity index (χ1v) is 9.59. The summed E-state index contributed by atoms with van der Waals surface area (Å²) in [6.07, 6.45) is 2.09. The molecule has 28 heavy (non-hydrogen) atoms. The molecule has 7 nitrogen and oxygen atoms in total. The third-order valence-electron chi connectivity index (χ3n) is 3.87. The average molecular weight is 393 g/mol. The Balaban J connectivity index is 2.23. The number of esters is 1. The zero-order chi connectivity index (χ0) is 21.0. The highest BCUT2D eigenvalue weighted by Gasteiger charge is 2.27. The summed E-state index contributed by atoms with van der Waals surface area (Å²) < 4.78 is 10.2. The van der Waals surface area contributed by atoms with Gasteiger partial charge in [-0.15, -0.1) is 0 Å². The van der Waals surface area contributed by atoms with Crippen LogP contribution in [0, 0.1) is 5.92 Å². The fourth-order valence-electron chi connectivity index (χ4n) is 2.51. The summed E-state index contributed by atoms with van der Waals surface area (Å²) in [5, 5.41) is 11.9. The topological polar surface area (TPSA) is 102 Å². The number of ether oxygens (including phenoxy) is 2. The summed E-state index contributed by atoms with van der Waals surface area (Å²) in [7, 11) is 0. The van der Waals surface area contributed by atoms with Gasteiger partial charge in [0.15, 0.2) is 5.92 Å². The van der Waals surface area contributed by atoms with Crippen LogP contribution >= 0.6 is 0 Å². The van der Waals surface area contributed by atoms with Crippen LogP contribution in [0.15, 0.2) is 30.3 Å². The van der Waals surface area contributed by atoms with E-state index in [-0.39, 0.29) is 13.0 Å². The van der Waals surface area contributed by atoms with Crippen molar-refractivity contribution < 1.29 is 29.0 Å². The van der Waals surface area contributed by atoms with Crippen molar-refractivity contribution in [3.05, 3.63) is 35.9 Å². The molecule has 1 atom stereocenters. The molecule has 1 unspecified atom stereocenters. The zero-order valence-corrected chi connectivity index (χ0v) is 16.9. The van der Waals surface area contributed by atoms with Crippen molar-refractivity contribution in [1.29, 1.82) is 0 Å². The minimum absolute atomic E-state index is 0.169. The van der Waals surface area contributed by atoms with Gasteiger partial charge in [0.2, 0.25) is 0 Å². The Labute approximate surface area is 166 Å². The second-order valence-corrected chi connectivity index (χ2v) is 7.57. The zero-order valence-electron chi connectivity index (χ0n) is 16.9. The number of carbonyl (C=O) groups is 3. The number of carbonyl (C=O) groups excluding carboxylic acids is 2. The molecule has 2 N–H and O–H groups in total. The second kappa shape index (κ2) is 12.0. The Kier molecular flexibility index (Phi) is 10.1. The first-order chi connectivity index (χ1) is 13.2. The van der Waals surface area contributed by atoms with Gasteiger partial charge in [-0.1, -0.05) is 36.8 Å². The van der Waals surface area contributed by atoms with Gasteiger partial charge in [-0.25, -0.2) is 4.79 Å². The molecule has 0 heterocycles. The fourth-order valence-corrected chi connectivity index (χ4v) is 2.51. The van der Waals surface area contributed by atoms with Crippen LogP contribution in [0.4, 0.5) is 4.79 Å². The Hall–Kier alpha value is -2.57. The normalized spacial score (nSPS) is 12.1. The molecular weight excluding hydrogens is 362 g/mol. The van der Waals surface area contributed by atoms with Gasteiger partial charge in [-0.2, -0.15) is 0 Å². The van der Waals surface area contributed by atoms with Crippen molar-refractivity contribution in [3.63, 3.8) is 0 Å². The fraction of sp³-hybridized carbons (Fsp3) is 0.571. The van der Waals surface area contributed by atoms with Crippen LogP contribution in [0.5, 0.6) is 0 Å². The third-order valence-corrected chi connectivity index (χ3v) is 3.87. The largest absolute Gasteiger partial charge is 0.481 e. The Morgan fingerprint density at radius 3 is 2.36 bits per heavy atom. The van der Waals surface area contributed by atoms with E-state index < -0.39 is 29.6 Å². The Bertz CT molecular complexity index is 624. The van der Waals surface area contributed by atoms with Crippen LogP contribution in [0.2, 0.25) is 0 Å². The SMILES string of the molecule is CC(C)(C)OC(=O)NCCCCC(C(=O)O)C(=O)OCCCc1ccccc1. The molecule has 0 aliphatic heterocycles. The quantitative estimate of drug-likeness (QED) is 0.339. The van der Waals surface area contributed by atoms with E-state index in [0.717, 1.165) is 12.0 Å². The summed E-state index contributed by atoms with van der Waals surface area (Å²) >= 11 is 0. The second-order valence-electron chi connectivity index (χ2n) is 7.57. The summed E-state index contributed by atoms with van der Waals surface area (Å²) in [5.74, 6) is -3.08. The van der Waals surface area contributed by atoms with Crippen molar-refractivity contribution in [2.45, 2.75) is 58.5 Å². The maximum Gasteiger partial charge on any atom is 0.407 e. The molecule has 0 aliphatic rings. The summed E-state index contributed by atoms with van der Waals surface area (Å²) in [4.78, 5) is 34.9. The van der Waals surface area contributed by atoms with Crippen molar-refractivity contribution in [2.24, 2.45) is 5.92 Å². The van der Waals surface area contributed by atoms with Crippen LogP contribution in [-0.2, 0) is 25.5 Å². The van der Waals surface area contributed by atoms with E-state index in [1.807, 2.05) is 30.3 Å². The highest BCUT2D eigenvalue weighted by Crippen LogP contribution is 2.12. The lowest BCUT2D eigenvalue weighted by molar-refractivity contribution is -0.159. The predicted molar refractivity (Wildman–Crippen MR) is 105 cm³/mol. The number of carboxylic acids is 1. The first-order valence-electron chi connectivity index (χ1n) is 9.59.